The van der Waals surface area contributed by atoms with Crippen LogP contribution in [0.2, 0.25) is 0 Å². The Bertz CT molecular complexity index is 497. The molecule has 110 valence electrons. The zero-order chi connectivity index (χ0) is 14.7. The molecule has 1 aliphatic rings. The molecule has 1 N–H and O–H groups in total. The van der Waals surface area contributed by atoms with Crippen LogP contribution in [-0.2, 0) is 20.8 Å². The first-order valence-electron chi connectivity index (χ1n) is 6.21. The van der Waals surface area contributed by atoms with Crippen molar-refractivity contribution in [3.05, 3.63) is 23.7 Å². The Hall–Kier alpha value is -1.86. The molecule has 0 bridgehead atoms. The summed E-state index contributed by atoms with van der Waals surface area (Å²) in [5.41, 5.74) is 0.317. The van der Waals surface area contributed by atoms with Gasteiger partial charge in [0.15, 0.2) is 0 Å². The Labute approximate surface area is 116 Å². The maximum Gasteiger partial charge on any atom is 0.341 e. The lowest BCUT2D eigenvalue weighted by molar-refractivity contribution is -0.146. The largest absolute Gasteiger partial charge is 0.468 e. The van der Waals surface area contributed by atoms with Gasteiger partial charge in [0.2, 0.25) is 0 Å². The molecule has 2 rings (SSSR count). The number of β-amino-alcohol motifs (C(OH)–C–C–N with tert-alkyl or cyclic N) is 1. The van der Waals surface area contributed by atoms with Gasteiger partial charge in [-0.2, -0.15) is 0 Å². The summed E-state index contributed by atoms with van der Waals surface area (Å²) in [6.45, 7) is 0.551. The van der Waals surface area contributed by atoms with E-state index in [1.165, 1.54) is 26.5 Å². The van der Waals surface area contributed by atoms with Crippen LogP contribution in [0.1, 0.15) is 22.5 Å². The van der Waals surface area contributed by atoms with Crippen molar-refractivity contribution in [1.82, 2.24) is 4.90 Å². The molecule has 7 heteroatoms. The van der Waals surface area contributed by atoms with E-state index >= 15 is 0 Å². The highest BCUT2D eigenvalue weighted by atomic mass is 16.5. The third-order valence-corrected chi connectivity index (χ3v) is 3.35. The average molecular weight is 283 g/mol. The molecule has 0 amide bonds. The number of hydrogen-bond donors (Lipinski definition) is 1. The molecule has 0 unspecified atom stereocenters. The van der Waals surface area contributed by atoms with Gasteiger partial charge in [-0.25, -0.2) is 4.79 Å². The molecular formula is C13H17NO6. The predicted molar refractivity (Wildman–Crippen MR) is 66.9 cm³/mol. The third-order valence-electron chi connectivity index (χ3n) is 3.35. The van der Waals surface area contributed by atoms with Crippen LogP contribution in [0.5, 0.6) is 0 Å². The smallest absolute Gasteiger partial charge is 0.341 e. The first-order valence-corrected chi connectivity index (χ1v) is 6.21. The molecular weight excluding hydrogens is 266 g/mol. The van der Waals surface area contributed by atoms with Crippen molar-refractivity contribution < 1.29 is 28.6 Å². The first-order chi connectivity index (χ1) is 9.56. The lowest BCUT2D eigenvalue weighted by Crippen LogP contribution is -2.36. The van der Waals surface area contributed by atoms with E-state index in [9.17, 15) is 14.7 Å². The quantitative estimate of drug-likeness (QED) is 0.788. The summed E-state index contributed by atoms with van der Waals surface area (Å²) in [5, 5.41) is 9.70. The SMILES string of the molecule is COC(=O)c1ccoc1CN1C[C@H](O)C[C@H]1C(=O)OC. The number of nitrogens with zero attached hydrogens (tertiary/aromatic N) is 1. The van der Waals surface area contributed by atoms with Gasteiger partial charge in [-0.05, 0) is 6.07 Å². The molecule has 20 heavy (non-hydrogen) atoms. The van der Waals surface area contributed by atoms with Crippen molar-refractivity contribution in [1.29, 1.82) is 0 Å². The molecule has 1 aromatic rings. The van der Waals surface area contributed by atoms with Crippen molar-refractivity contribution in [2.75, 3.05) is 20.8 Å². The Morgan fingerprint density at radius 3 is 2.85 bits per heavy atom. The molecule has 0 radical (unpaired) electrons. The third kappa shape index (κ3) is 2.83. The number of esters is 2. The monoisotopic (exact) mass is 283 g/mol. The number of rotatable bonds is 4. The van der Waals surface area contributed by atoms with E-state index in [-0.39, 0.29) is 6.54 Å². The topological polar surface area (TPSA) is 89.2 Å². The number of aliphatic hydroxyl groups excluding tert-OH is 1. The van der Waals surface area contributed by atoms with Crippen LogP contribution >= 0.6 is 0 Å². The van der Waals surface area contributed by atoms with Gasteiger partial charge in [0.1, 0.15) is 17.4 Å². The Morgan fingerprint density at radius 2 is 2.20 bits per heavy atom. The Morgan fingerprint density at radius 1 is 1.45 bits per heavy atom. The van der Waals surface area contributed by atoms with Gasteiger partial charge < -0.3 is 19.0 Å². The molecule has 0 aromatic carbocycles. The van der Waals surface area contributed by atoms with Gasteiger partial charge in [-0.3, -0.25) is 9.69 Å². The van der Waals surface area contributed by atoms with E-state index in [0.717, 1.165) is 0 Å². The molecule has 1 aliphatic heterocycles. The molecule has 1 saturated heterocycles. The zero-order valence-electron chi connectivity index (χ0n) is 11.4. The number of likely N-dealkylation sites (tertiary alicyclic amines) is 1. The summed E-state index contributed by atoms with van der Waals surface area (Å²) < 4.78 is 14.6. The fourth-order valence-electron chi connectivity index (χ4n) is 2.37. The molecule has 0 saturated carbocycles. The van der Waals surface area contributed by atoms with Crippen LogP contribution in [0.4, 0.5) is 0 Å². The molecule has 2 heterocycles. The van der Waals surface area contributed by atoms with Crippen LogP contribution in [0.15, 0.2) is 16.7 Å². The second-order valence-corrected chi connectivity index (χ2v) is 4.61. The standard InChI is InChI=1S/C13H17NO6/c1-18-12(16)9-3-4-20-11(9)7-14-6-8(15)5-10(14)13(17)19-2/h3-4,8,10,15H,5-7H2,1-2H3/t8-,10+/m1/s1. The van der Waals surface area contributed by atoms with Crippen molar-refractivity contribution in [3.8, 4) is 0 Å². The van der Waals surface area contributed by atoms with E-state index in [1.807, 2.05) is 0 Å². The van der Waals surface area contributed by atoms with Crippen LogP contribution in [-0.4, -0.2) is 54.9 Å². The Kier molecular flexibility index (Phi) is 4.41. The van der Waals surface area contributed by atoms with Crippen LogP contribution < -0.4 is 0 Å². The predicted octanol–water partition coefficient (Wildman–Crippen LogP) is 0.174. The lowest BCUT2D eigenvalue weighted by atomic mass is 10.2. The molecule has 0 aliphatic carbocycles. The van der Waals surface area contributed by atoms with Crippen molar-refractivity contribution >= 4 is 11.9 Å². The highest BCUT2D eigenvalue weighted by Gasteiger charge is 2.37. The highest BCUT2D eigenvalue weighted by molar-refractivity contribution is 5.90. The molecule has 0 spiro atoms. The second-order valence-electron chi connectivity index (χ2n) is 4.61. The zero-order valence-corrected chi connectivity index (χ0v) is 11.4. The molecule has 1 aromatic heterocycles. The normalized spacial score (nSPS) is 22.8. The van der Waals surface area contributed by atoms with E-state index < -0.39 is 24.1 Å². The van der Waals surface area contributed by atoms with E-state index in [2.05, 4.69) is 4.74 Å². The van der Waals surface area contributed by atoms with Crippen LogP contribution in [0.3, 0.4) is 0 Å². The number of hydrogen-bond acceptors (Lipinski definition) is 7. The van der Waals surface area contributed by atoms with Gasteiger partial charge in [0.25, 0.3) is 0 Å². The van der Waals surface area contributed by atoms with Gasteiger partial charge in [-0.1, -0.05) is 0 Å². The second kappa shape index (κ2) is 6.06. The minimum absolute atomic E-state index is 0.230. The number of carbonyl (C=O) groups excluding carboxylic acids is 2. The number of carbonyl (C=O) groups is 2. The van der Waals surface area contributed by atoms with Crippen molar-refractivity contribution in [3.63, 3.8) is 0 Å². The first kappa shape index (κ1) is 14.5. The summed E-state index contributed by atoms with van der Waals surface area (Å²) in [6.07, 6.45) is 1.10. The highest BCUT2D eigenvalue weighted by Crippen LogP contribution is 2.23. The fourth-order valence-corrected chi connectivity index (χ4v) is 2.37. The fraction of sp³-hybridized carbons (Fsp3) is 0.538. The number of aliphatic hydroxyl groups is 1. The minimum Gasteiger partial charge on any atom is -0.468 e. The van der Waals surface area contributed by atoms with Gasteiger partial charge in [0, 0.05) is 13.0 Å². The van der Waals surface area contributed by atoms with Gasteiger partial charge >= 0.3 is 11.9 Å². The van der Waals surface area contributed by atoms with E-state index in [4.69, 9.17) is 9.15 Å². The van der Waals surface area contributed by atoms with Gasteiger partial charge in [0.05, 0.1) is 33.1 Å². The van der Waals surface area contributed by atoms with Crippen molar-refractivity contribution in [2.45, 2.75) is 25.1 Å². The van der Waals surface area contributed by atoms with E-state index in [0.29, 0.717) is 24.3 Å². The molecule has 1 fully saturated rings. The van der Waals surface area contributed by atoms with Crippen LogP contribution in [0.25, 0.3) is 0 Å². The summed E-state index contributed by atoms with van der Waals surface area (Å²) in [4.78, 5) is 25.0. The summed E-state index contributed by atoms with van der Waals surface area (Å²) >= 11 is 0. The number of furan rings is 1. The molecule has 2 atom stereocenters. The summed E-state index contributed by atoms with van der Waals surface area (Å²) in [6, 6.07) is 0.978. The maximum atomic E-state index is 11.7. The van der Waals surface area contributed by atoms with Gasteiger partial charge in [-0.15, -0.1) is 0 Å². The summed E-state index contributed by atoms with van der Waals surface area (Å²) in [5.74, 6) is -0.504. The average Bonchev–Trinajstić information content (AvgIpc) is 3.04. The van der Waals surface area contributed by atoms with Crippen molar-refractivity contribution in [2.24, 2.45) is 0 Å². The lowest BCUT2D eigenvalue weighted by Gasteiger charge is -2.21. The Balaban J connectivity index is 2.14. The summed E-state index contributed by atoms with van der Waals surface area (Å²) in [7, 11) is 2.59. The number of ether oxygens (including phenoxy) is 2. The molecule has 7 nitrogen and oxygen atoms in total. The maximum absolute atomic E-state index is 11.7. The van der Waals surface area contributed by atoms with Crippen LogP contribution in [0, 0.1) is 0 Å². The van der Waals surface area contributed by atoms with E-state index in [1.54, 1.807) is 4.90 Å². The number of methoxy groups -OCH3 is 2. The minimum atomic E-state index is -0.601.